The molecule has 0 rings (SSSR count). The highest BCUT2D eigenvalue weighted by molar-refractivity contribution is 7.98. The normalized spacial score (nSPS) is 13.8. The number of nitrogens with one attached hydrogen (secondary N) is 1. The second-order valence-corrected chi connectivity index (χ2v) is 4.30. The van der Waals surface area contributed by atoms with Gasteiger partial charge in [-0.1, -0.05) is 26.7 Å². The fourth-order valence-electron chi connectivity index (χ4n) is 1.55. The summed E-state index contributed by atoms with van der Waals surface area (Å²) < 4.78 is 0. The van der Waals surface area contributed by atoms with Crippen LogP contribution < -0.4 is 5.32 Å². The van der Waals surface area contributed by atoms with Crippen molar-refractivity contribution in [2.45, 2.75) is 39.7 Å². The van der Waals surface area contributed by atoms with E-state index in [-0.39, 0.29) is 0 Å². The molecule has 0 bridgehead atoms. The van der Waals surface area contributed by atoms with E-state index in [2.05, 4.69) is 32.3 Å². The Kier molecular flexibility index (Phi) is 8.14. The van der Waals surface area contributed by atoms with E-state index in [4.69, 9.17) is 0 Å². The van der Waals surface area contributed by atoms with Gasteiger partial charge in [0.2, 0.25) is 0 Å². The molecule has 0 aromatic rings. The second-order valence-electron chi connectivity index (χ2n) is 3.31. The summed E-state index contributed by atoms with van der Waals surface area (Å²) in [6, 6.07) is 0.687. The fourth-order valence-corrected chi connectivity index (χ4v) is 1.87. The van der Waals surface area contributed by atoms with Gasteiger partial charge in [0.15, 0.2) is 0 Å². The molecule has 1 unspecified atom stereocenters. The largest absolute Gasteiger partial charge is 0.313 e. The van der Waals surface area contributed by atoms with Gasteiger partial charge in [0.05, 0.1) is 0 Å². The molecule has 0 spiro atoms. The molecule has 0 aromatic carbocycles. The lowest BCUT2D eigenvalue weighted by atomic mass is 9.96. The molecule has 0 saturated carbocycles. The van der Waals surface area contributed by atoms with Gasteiger partial charge in [0, 0.05) is 18.3 Å². The predicted molar refractivity (Wildman–Crippen MR) is 59.9 cm³/mol. The average molecular weight is 189 g/mol. The summed E-state index contributed by atoms with van der Waals surface area (Å²) >= 11 is 1.91. The predicted octanol–water partition coefficient (Wildman–Crippen LogP) is 2.76. The van der Waals surface area contributed by atoms with Crippen molar-refractivity contribution in [2.24, 2.45) is 5.92 Å². The molecular formula is C10H23NS. The van der Waals surface area contributed by atoms with Crippen molar-refractivity contribution in [1.29, 1.82) is 0 Å². The zero-order valence-electron chi connectivity index (χ0n) is 8.89. The first-order valence-electron chi connectivity index (χ1n) is 4.98. The third-order valence-corrected chi connectivity index (χ3v) is 3.14. The molecule has 0 amide bonds. The Morgan fingerprint density at radius 2 is 1.83 bits per heavy atom. The average Bonchev–Trinajstić information content (AvgIpc) is 2.07. The molecule has 0 aliphatic heterocycles. The summed E-state index contributed by atoms with van der Waals surface area (Å²) in [5, 5.41) is 3.56. The summed E-state index contributed by atoms with van der Waals surface area (Å²) in [6.45, 7) is 8.01. The monoisotopic (exact) mass is 189 g/mol. The Bertz CT molecular complexity index is 91.8. The molecule has 0 saturated heterocycles. The van der Waals surface area contributed by atoms with Crippen LogP contribution in [0.4, 0.5) is 0 Å². The van der Waals surface area contributed by atoms with E-state index in [9.17, 15) is 0 Å². The van der Waals surface area contributed by atoms with Crippen LogP contribution in [-0.2, 0) is 0 Å². The first-order valence-corrected chi connectivity index (χ1v) is 6.37. The quantitative estimate of drug-likeness (QED) is 0.618. The molecule has 0 fully saturated rings. The molecule has 1 N–H and O–H groups in total. The van der Waals surface area contributed by atoms with Crippen molar-refractivity contribution in [3.05, 3.63) is 0 Å². The van der Waals surface area contributed by atoms with E-state index in [0.717, 1.165) is 12.5 Å². The van der Waals surface area contributed by atoms with Crippen molar-refractivity contribution in [2.75, 3.05) is 18.6 Å². The molecular weight excluding hydrogens is 166 g/mol. The van der Waals surface area contributed by atoms with Crippen LogP contribution in [0.2, 0.25) is 0 Å². The zero-order chi connectivity index (χ0) is 9.40. The lowest BCUT2D eigenvalue weighted by Crippen LogP contribution is -2.34. The molecule has 1 atom stereocenters. The standard InChI is InChI=1S/C10H23NS/c1-5-10(6-2)9(3)11-7-8-12-4/h9-11H,5-8H2,1-4H3. The smallest absolute Gasteiger partial charge is 0.00671 e. The lowest BCUT2D eigenvalue weighted by molar-refractivity contribution is 0.361. The van der Waals surface area contributed by atoms with Crippen LogP contribution in [0.5, 0.6) is 0 Å². The molecule has 74 valence electrons. The van der Waals surface area contributed by atoms with E-state index in [1.807, 2.05) is 11.8 Å². The number of rotatable bonds is 7. The van der Waals surface area contributed by atoms with Crippen LogP contribution in [-0.4, -0.2) is 24.6 Å². The van der Waals surface area contributed by atoms with Crippen LogP contribution >= 0.6 is 11.8 Å². The summed E-state index contributed by atoms with van der Waals surface area (Å²) in [5.41, 5.74) is 0. The van der Waals surface area contributed by atoms with E-state index < -0.39 is 0 Å². The molecule has 0 heterocycles. The maximum Gasteiger partial charge on any atom is 0.00671 e. The van der Waals surface area contributed by atoms with Crippen molar-refractivity contribution < 1.29 is 0 Å². The van der Waals surface area contributed by atoms with Crippen molar-refractivity contribution in [3.63, 3.8) is 0 Å². The van der Waals surface area contributed by atoms with Gasteiger partial charge in [-0.25, -0.2) is 0 Å². The van der Waals surface area contributed by atoms with Crippen LogP contribution in [0.15, 0.2) is 0 Å². The third-order valence-electron chi connectivity index (χ3n) is 2.53. The van der Waals surface area contributed by atoms with E-state index in [1.165, 1.54) is 18.6 Å². The van der Waals surface area contributed by atoms with Gasteiger partial charge in [-0.2, -0.15) is 11.8 Å². The van der Waals surface area contributed by atoms with Gasteiger partial charge in [-0.05, 0) is 19.1 Å². The number of thioether (sulfide) groups is 1. The summed E-state index contributed by atoms with van der Waals surface area (Å²) in [4.78, 5) is 0. The molecule has 0 radical (unpaired) electrons. The van der Waals surface area contributed by atoms with Gasteiger partial charge in [0.1, 0.15) is 0 Å². The molecule has 1 nitrogen and oxygen atoms in total. The highest BCUT2D eigenvalue weighted by Gasteiger charge is 2.11. The van der Waals surface area contributed by atoms with Crippen LogP contribution in [0.1, 0.15) is 33.6 Å². The summed E-state index contributed by atoms with van der Waals surface area (Å²) in [5.74, 6) is 2.08. The molecule has 0 aliphatic rings. The van der Waals surface area contributed by atoms with Crippen LogP contribution in [0.25, 0.3) is 0 Å². The van der Waals surface area contributed by atoms with Crippen molar-refractivity contribution >= 4 is 11.8 Å². The van der Waals surface area contributed by atoms with E-state index in [1.54, 1.807) is 0 Å². The van der Waals surface area contributed by atoms with Crippen LogP contribution in [0, 0.1) is 5.92 Å². The van der Waals surface area contributed by atoms with Crippen LogP contribution in [0.3, 0.4) is 0 Å². The second kappa shape index (κ2) is 7.93. The van der Waals surface area contributed by atoms with E-state index in [0.29, 0.717) is 6.04 Å². The molecule has 0 aromatic heterocycles. The zero-order valence-corrected chi connectivity index (χ0v) is 9.71. The van der Waals surface area contributed by atoms with Gasteiger partial charge in [-0.3, -0.25) is 0 Å². The van der Waals surface area contributed by atoms with Gasteiger partial charge in [0.25, 0.3) is 0 Å². The lowest BCUT2D eigenvalue weighted by Gasteiger charge is -2.22. The summed E-state index contributed by atoms with van der Waals surface area (Å²) in [7, 11) is 0. The fraction of sp³-hybridized carbons (Fsp3) is 1.00. The maximum atomic E-state index is 3.56. The van der Waals surface area contributed by atoms with Crippen molar-refractivity contribution in [1.82, 2.24) is 5.32 Å². The summed E-state index contributed by atoms with van der Waals surface area (Å²) in [6.07, 6.45) is 4.75. The Hall–Kier alpha value is 0.310. The Morgan fingerprint density at radius 1 is 1.25 bits per heavy atom. The molecule has 12 heavy (non-hydrogen) atoms. The Labute approximate surface area is 81.7 Å². The first-order chi connectivity index (χ1) is 5.76. The Morgan fingerprint density at radius 3 is 2.25 bits per heavy atom. The SMILES string of the molecule is CCC(CC)C(C)NCCSC. The van der Waals surface area contributed by atoms with Gasteiger partial charge < -0.3 is 5.32 Å². The number of hydrogen-bond acceptors (Lipinski definition) is 2. The van der Waals surface area contributed by atoms with Gasteiger partial charge >= 0.3 is 0 Å². The van der Waals surface area contributed by atoms with E-state index >= 15 is 0 Å². The van der Waals surface area contributed by atoms with Crippen molar-refractivity contribution in [3.8, 4) is 0 Å². The highest BCUT2D eigenvalue weighted by atomic mass is 32.2. The minimum atomic E-state index is 0.687. The molecule has 2 heteroatoms. The molecule has 0 aliphatic carbocycles. The highest BCUT2D eigenvalue weighted by Crippen LogP contribution is 2.12. The topological polar surface area (TPSA) is 12.0 Å². The minimum absolute atomic E-state index is 0.687. The third kappa shape index (κ3) is 5.04. The van der Waals surface area contributed by atoms with Gasteiger partial charge in [-0.15, -0.1) is 0 Å². The first kappa shape index (κ1) is 12.3. The minimum Gasteiger partial charge on any atom is -0.313 e. The Balaban J connectivity index is 3.47. The maximum absolute atomic E-state index is 3.56. The number of hydrogen-bond donors (Lipinski definition) is 1.